The SMILES string of the molecule is C=C(CC(C)C)NC1(C(=C)Nc2cc(-c3ccc(F)cc3C)ccc2CC(F)(F)F)CC1.C=CNOC. The van der Waals surface area contributed by atoms with Crippen LogP contribution in [0.15, 0.2) is 73.7 Å². The summed E-state index contributed by atoms with van der Waals surface area (Å²) in [6.07, 6.45) is -1.45. The summed E-state index contributed by atoms with van der Waals surface area (Å²) in [4.78, 5) is 4.32. The van der Waals surface area contributed by atoms with Gasteiger partial charge in [-0.2, -0.15) is 13.2 Å². The van der Waals surface area contributed by atoms with Crippen molar-refractivity contribution >= 4 is 5.69 Å². The van der Waals surface area contributed by atoms with E-state index in [1.807, 2.05) is 0 Å². The second-order valence-electron chi connectivity index (χ2n) is 9.66. The molecule has 37 heavy (non-hydrogen) atoms. The molecule has 8 heteroatoms. The van der Waals surface area contributed by atoms with E-state index in [0.717, 1.165) is 30.5 Å². The average molecular weight is 520 g/mol. The van der Waals surface area contributed by atoms with E-state index in [2.05, 4.69) is 54.5 Å². The number of hydrogen-bond acceptors (Lipinski definition) is 4. The molecule has 4 nitrogen and oxygen atoms in total. The second-order valence-corrected chi connectivity index (χ2v) is 9.66. The molecule has 0 amide bonds. The van der Waals surface area contributed by atoms with Crippen molar-refractivity contribution in [3.05, 3.63) is 90.7 Å². The normalized spacial score (nSPS) is 13.8. The van der Waals surface area contributed by atoms with Crippen molar-refractivity contribution in [2.24, 2.45) is 5.92 Å². The molecule has 2 aromatic carbocycles. The molecule has 2 aromatic rings. The first-order valence-electron chi connectivity index (χ1n) is 12.1. The highest BCUT2D eigenvalue weighted by molar-refractivity contribution is 5.73. The Labute approximate surface area is 217 Å². The van der Waals surface area contributed by atoms with Gasteiger partial charge >= 0.3 is 6.18 Å². The zero-order valence-electron chi connectivity index (χ0n) is 22.0. The van der Waals surface area contributed by atoms with Crippen LogP contribution in [-0.2, 0) is 11.3 Å². The van der Waals surface area contributed by atoms with Gasteiger partial charge in [0.2, 0.25) is 0 Å². The van der Waals surface area contributed by atoms with Crippen molar-refractivity contribution in [3.8, 4) is 11.1 Å². The molecule has 3 N–H and O–H groups in total. The fourth-order valence-electron chi connectivity index (χ4n) is 4.06. The average Bonchev–Trinajstić information content (AvgIpc) is 3.55. The number of hydrogen-bond donors (Lipinski definition) is 3. The van der Waals surface area contributed by atoms with Crippen LogP contribution >= 0.6 is 0 Å². The van der Waals surface area contributed by atoms with Crippen LogP contribution in [0.2, 0.25) is 0 Å². The molecule has 0 spiro atoms. The van der Waals surface area contributed by atoms with Gasteiger partial charge < -0.3 is 10.6 Å². The maximum Gasteiger partial charge on any atom is 0.393 e. The van der Waals surface area contributed by atoms with Crippen molar-refractivity contribution in [2.75, 3.05) is 12.4 Å². The minimum atomic E-state index is -4.34. The molecule has 202 valence electrons. The summed E-state index contributed by atoms with van der Waals surface area (Å²) in [7, 11) is 1.53. The Morgan fingerprint density at radius 2 is 1.81 bits per heavy atom. The maximum absolute atomic E-state index is 13.5. The highest BCUT2D eigenvalue weighted by Gasteiger charge is 2.46. The van der Waals surface area contributed by atoms with Crippen molar-refractivity contribution in [3.63, 3.8) is 0 Å². The lowest BCUT2D eigenvalue weighted by atomic mass is 9.97. The third-order valence-corrected chi connectivity index (χ3v) is 5.89. The zero-order valence-corrected chi connectivity index (χ0v) is 22.0. The number of aryl methyl sites for hydroxylation is 1. The molecule has 1 fully saturated rings. The minimum absolute atomic E-state index is 0.138. The number of hydroxylamine groups is 1. The molecule has 0 bridgehead atoms. The van der Waals surface area contributed by atoms with Crippen molar-refractivity contribution in [1.29, 1.82) is 0 Å². The van der Waals surface area contributed by atoms with E-state index in [0.29, 0.717) is 28.4 Å². The van der Waals surface area contributed by atoms with E-state index >= 15 is 0 Å². The molecule has 3 rings (SSSR count). The fourth-order valence-corrected chi connectivity index (χ4v) is 4.06. The van der Waals surface area contributed by atoms with Gasteiger partial charge in [0.15, 0.2) is 0 Å². The van der Waals surface area contributed by atoms with E-state index < -0.39 is 18.1 Å². The van der Waals surface area contributed by atoms with E-state index in [4.69, 9.17) is 0 Å². The smallest absolute Gasteiger partial charge is 0.378 e. The number of benzene rings is 2. The Morgan fingerprint density at radius 3 is 2.30 bits per heavy atom. The van der Waals surface area contributed by atoms with Crippen molar-refractivity contribution in [2.45, 2.75) is 58.2 Å². The molecular formula is C29H37F4N3O. The summed E-state index contributed by atoms with van der Waals surface area (Å²) >= 11 is 0. The number of halogens is 4. The largest absolute Gasteiger partial charge is 0.393 e. The quantitative estimate of drug-likeness (QED) is 0.209. The lowest BCUT2D eigenvalue weighted by Gasteiger charge is -2.26. The summed E-state index contributed by atoms with van der Waals surface area (Å²) in [5, 5.41) is 6.59. The summed E-state index contributed by atoms with van der Waals surface area (Å²) in [5.74, 6) is 0.0936. The fraction of sp³-hybridized carbons (Fsp3) is 0.379. The molecule has 0 radical (unpaired) electrons. The Kier molecular flexibility index (Phi) is 10.4. The van der Waals surface area contributed by atoms with Gasteiger partial charge in [0.1, 0.15) is 5.82 Å². The molecule has 1 saturated carbocycles. The van der Waals surface area contributed by atoms with Crippen LogP contribution in [-0.4, -0.2) is 18.8 Å². The van der Waals surface area contributed by atoms with Gasteiger partial charge in [-0.05, 0) is 72.6 Å². The number of rotatable bonds is 11. The van der Waals surface area contributed by atoms with Gasteiger partial charge in [0.25, 0.3) is 0 Å². The van der Waals surface area contributed by atoms with Crippen LogP contribution in [0, 0.1) is 18.7 Å². The van der Waals surface area contributed by atoms with Crippen LogP contribution in [0.25, 0.3) is 11.1 Å². The van der Waals surface area contributed by atoms with Crippen molar-refractivity contribution < 1.29 is 22.4 Å². The molecule has 0 aliphatic heterocycles. The Bertz CT molecular complexity index is 1100. The van der Waals surface area contributed by atoms with Crippen LogP contribution in [0.5, 0.6) is 0 Å². The summed E-state index contributed by atoms with van der Waals surface area (Å²) in [5.41, 5.74) is 6.18. The maximum atomic E-state index is 13.5. The van der Waals surface area contributed by atoms with Gasteiger partial charge in [-0.15, -0.1) is 0 Å². The van der Waals surface area contributed by atoms with Gasteiger partial charge in [-0.1, -0.05) is 51.8 Å². The highest BCUT2D eigenvalue weighted by Crippen LogP contribution is 2.44. The first kappa shape index (κ1) is 30.0. The molecule has 0 heterocycles. The molecule has 0 atom stereocenters. The van der Waals surface area contributed by atoms with Gasteiger partial charge in [-0.3, -0.25) is 10.3 Å². The third kappa shape index (κ3) is 9.28. The van der Waals surface area contributed by atoms with Gasteiger partial charge in [0.05, 0.1) is 19.1 Å². The van der Waals surface area contributed by atoms with Crippen LogP contribution in [0.3, 0.4) is 0 Å². The first-order valence-corrected chi connectivity index (χ1v) is 12.1. The standard InChI is InChI=1S/C26H30F4N2.C3H7NO/c1-16(2)12-18(4)32-25(10-11-25)19(5)31-24-14-20(6-7-21(24)15-26(28,29)30)23-9-8-22(27)13-17(23)3;1-3-4-5-2/h6-9,13-14,16,31-32H,4-5,10-12,15H2,1-3H3;3-4H,1H2,2H3. The summed E-state index contributed by atoms with van der Waals surface area (Å²) < 4.78 is 53.2. The topological polar surface area (TPSA) is 45.3 Å². The van der Waals surface area contributed by atoms with Crippen LogP contribution in [0.4, 0.5) is 23.2 Å². The molecule has 0 saturated heterocycles. The first-order chi connectivity index (χ1) is 17.3. The van der Waals surface area contributed by atoms with Gasteiger partial charge in [0, 0.05) is 23.3 Å². The van der Waals surface area contributed by atoms with Gasteiger partial charge in [-0.25, -0.2) is 4.39 Å². The number of nitrogens with one attached hydrogen (secondary N) is 3. The second kappa shape index (κ2) is 12.8. The van der Waals surface area contributed by atoms with Crippen molar-refractivity contribution in [1.82, 2.24) is 10.8 Å². The predicted octanol–water partition coefficient (Wildman–Crippen LogP) is 7.79. The molecular weight excluding hydrogens is 482 g/mol. The number of allylic oxidation sites excluding steroid dienone is 1. The molecule has 1 aliphatic rings. The Balaban J connectivity index is 0.000000877. The lowest BCUT2D eigenvalue weighted by Crippen LogP contribution is -2.35. The third-order valence-electron chi connectivity index (χ3n) is 5.89. The number of anilines is 1. The summed E-state index contributed by atoms with van der Waals surface area (Å²) in [6.45, 7) is 17.5. The lowest BCUT2D eigenvalue weighted by molar-refractivity contribution is -0.127. The van der Waals surface area contributed by atoms with E-state index in [1.54, 1.807) is 25.1 Å². The highest BCUT2D eigenvalue weighted by atomic mass is 19.4. The van der Waals surface area contributed by atoms with E-state index in [1.165, 1.54) is 31.5 Å². The van der Waals surface area contributed by atoms with Crippen LogP contribution < -0.4 is 16.1 Å². The number of alkyl halides is 3. The Morgan fingerprint density at radius 1 is 1.14 bits per heavy atom. The van der Waals surface area contributed by atoms with E-state index in [-0.39, 0.29) is 11.4 Å². The molecule has 0 unspecified atom stereocenters. The monoisotopic (exact) mass is 519 g/mol. The minimum Gasteiger partial charge on any atom is -0.378 e. The van der Waals surface area contributed by atoms with E-state index in [9.17, 15) is 17.6 Å². The van der Waals surface area contributed by atoms with Crippen LogP contribution in [0.1, 0.15) is 44.2 Å². The zero-order chi connectivity index (χ0) is 27.8. The summed E-state index contributed by atoms with van der Waals surface area (Å²) in [6, 6.07) is 9.21. The molecule has 0 aromatic heterocycles. The predicted molar refractivity (Wildman–Crippen MR) is 143 cm³/mol. The molecule has 1 aliphatic carbocycles. The Hall–Kier alpha value is -3.26.